The van der Waals surface area contributed by atoms with Crippen molar-refractivity contribution in [2.45, 2.75) is 33.1 Å². The number of carbonyl (C=O) groups is 1. The van der Waals surface area contributed by atoms with E-state index in [1.54, 1.807) is 6.08 Å². The first-order chi connectivity index (χ1) is 6.24. The molecule has 0 aliphatic rings. The average Bonchev–Trinajstić information content (AvgIpc) is 2.12. The maximum absolute atomic E-state index is 11.1. The lowest BCUT2D eigenvalue weighted by Crippen LogP contribution is -2.01. The fraction of sp³-hybridized carbons (Fsp3) is 0.700. The molecule has 0 radical (unpaired) electrons. The van der Waals surface area contributed by atoms with Gasteiger partial charge in [0.05, 0.1) is 6.61 Å². The van der Waals surface area contributed by atoms with E-state index in [0.717, 1.165) is 23.7 Å². The molecule has 2 nitrogen and oxygen atoms in total. The molecular weight excluding hydrogens is 279 g/mol. The highest BCUT2D eigenvalue weighted by molar-refractivity contribution is 14.1. The standard InChI is InChI=1S/C10H17IO2/c1-3-9(6-5-7-11)8-10(12)13-4-2/h8H,3-7H2,1-2H3/b9-8+. The van der Waals surface area contributed by atoms with Crippen LogP contribution >= 0.6 is 22.6 Å². The Kier molecular flexibility index (Phi) is 8.49. The second-order valence-corrected chi connectivity index (χ2v) is 3.78. The molecule has 0 aliphatic carbocycles. The molecule has 0 amide bonds. The summed E-state index contributed by atoms with van der Waals surface area (Å²) in [7, 11) is 0. The highest BCUT2D eigenvalue weighted by atomic mass is 127. The third-order valence-corrected chi connectivity index (χ3v) is 2.46. The molecule has 0 atom stereocenters. The summed E-state index contributed by atoms with van der Waals surface area (Å²) in [6.45, 7) is 4.35. The van der Waals surface area contributed by atoms with Crippen molar-refractivity contribution in [3.8, 4) is 0 Å². The minimum atomic E-state index is -0.201. The molecule has 0 aromatic heterocycles. The van der Waals surface area contributed by atoms with E-state index in [1.807, 2.05) is 6.92 Å². The van der Waals surface area contributed by atoms with E-state index in [9.17, 15) is 4.79 Å². The number of hydrogen-bond acceptors (Lipinski definition) is 2. The highest BCUT2D eigenvalue weighted by Gasteiger charge is 2.00. The van der Waals surface area contributed by atoms with Gasteiger partial charge >= 0.3 is 5.97 Å². The van der Waals surface area contributed by atoms with E-state index < -0.39 is 0 Å². The molecule has 0 fully saturated rings. The highest BCUT2D eigenvalue weighted by Crippen LogP contribution is 2.10. The molecule has 76 valence electrons. The summed E-state index contributed by atoms with van der Waals surface area (Å²) < 4.78 is 5.97. The number of rotatable bonds is 6. The van der Waals surface area contributed by atoms with Crippen molar-refractivity contribution < 1.29 is 9.53 Å². The summed E-state index contributed by atoms with van der Waals surface area (Å²) in [5, 5.41) is 0. The predicted molar refractivity (Wildman–Crippen MR) is 63.1 cm³/mol. The third kappa shape index (κ3) is 7.05. The Bertz CT molecular complexity index is 176. The lowest BCUT2D eigenvalue weighted by molar-refractivity contribution is -0.137. The van der Waals surface area contributed by atoms with E-state index in [0.29, 0.717) is 6.61 Å². The van der Waals surface area contributed by atoms with Crippen LogP contribution in [-0.4, -0.2) is 17.0 Å². The Morgan fingerprint density at radius 1 is 1.46 bits per heavy atom. The summed E-state index contributed by atoms with van der Waals surface area (Å²) in [5.74, 6) is -0.201. The minimum Gasteiger partial charge on any atom is -0.463 e. The predicted octanol–water partition coefficient (Wildman–Crippen LogP) is 3.10. The normalized spacial score (nSPS) is 11.5. The molecule has 0 saturated carbocycles. The maximum Gasteiger partial charge on any atom is 0.330 e. The first-order valence-electron chi connectivity index (χ1n) is 4.66. The largest absolute Gasteiger partial charge is 0.463 e. The molecule has 3 heteroatoms. The van der Waals surface area contributed by atoms with Gasteiger partial charge in [-0.1, -0.05) is 35.1 Å². The Balaban J connectivity index is 3.96. The van der Waals surface area contributed by atoms with E-state index in [2.05, 4.69) is 29.5 Å². The molecule has 13 heavy (non-hydrogen) atoms. The smallest absolute Gasteiger partial charge is 0.330 e. The van der Waals surface area contributed by atoms with Crippen LogP contribution < -0.4 is 0 Å². The van der Waals surface area contributed by atoms with Gasteiger partial charge in [0.25, 0.3) is 0 Å². The van der Waals surface area contributed by atoms with Crippen LogP contribution in [0.4, 0.5) is 0 Å². The second-order valence-electron chi connectivity index (χ2n) is 2.70. The number of carbonyl (C=O) groups excluding carboxylic acids is 1. The van der Waals surface area contributed by atoms with Gasteiger partial charge < -0.3 is 4.74 Å². The summed E-state index contributed by atoms with van der Waals surface area (Å²) >= 11 is 2.34. The van der Waals surface area contributed by atoms with E-state index >= 15 is 0 Å². The summed E-state index contributed by atoms with van der Waals surface area (Å²) in [4.78, 5) is 11.1. The fourth-order valence-electron chi connectivity index (χ4n) is 0.995. The second kappa shape index (κ2) is 8.53. The van der Waals surface area contributed by atoms with Gasteiger partial charge in [-0.05, 0) is 30.6 Å². The quantitative estimate of drug-likeness (QED) is 0.326. The van der Waals surface area contributed by atoms with Crippen LogP contribution in [0.5, 0.6) is 0 Å². The number of halogens is 1. The van der Waals surface area contributed by atoms with Crippen molar-refractivity contribution >= 4 is 28.6 Å². The van der Waals surface area contributed by atoms with Crippen LogP contribution in [0, 0.1) is 0 Å². The van der Waals surface area contributed by atoms with Gasteiger partial charge in [-0.3, -0.25) is 0 Å². The Labute approximate surface area is 93.9 Å². The number of ether oxygens (including phenoxy) is 1. The van der Waals surface area contributed by atoms with Gasteiger partial charge in [-0.2, -0.15) is 0 Å². The van der Waals surface area contributed by atoms with Crippen LogP contribution in [0.1, 0.15) is 33.1 Å². The van der Waals surface area contributed by atoms with E-state index in [-0.39, 0.29) is 5.97 Å². The zero-order chi connectivity index (χ0) is 10.1. The van der Waals surface area contributed by atoms with Gasteiger partial charge in [0.1, 0.15) is 0 Å². The van der Waals surface area contributed by atoms with Crippen LogP contribution in [0.3, 0.4) is 0 Å². The molecule has 0 aromatic rings. The first kappa shape index (κ1) is 12.9. The van der Waals surface area contributed by atoms with Crippen molar-refractivity contribution in [1.82, 2.24) is 0 Å². The molecule has 0 rings (SSSR count). The fourth-order valence-corrected chi connectivity index (χ4v) is 1.38. The molecule has 0 aliphatic heterocycles. The lowest BCUT2D eigenvalue weighted by Gasteiger charge is -2.02. The Morgan fingerprint density at radius 3 is 2.62 bits per heavy atom. The SMILES string of the molecule is CCOC(=O)/C=C(\CC)CCCI. The Morgan fingerprint density at radius 2 is 2.15 bits per heavy atom. The molecule has 0 saturated heterocycles. The topological polar surface area (TPSA) is 26.3 Å². The number of allylic oxidation sites excluding steroid dienone is 1. The zero-order valence-corrected chi connectivity index (χ0v) is 10.5. The van der Waals surface area contributed by atoms with Gasteiger partial charge in [0.2, 0.25) is 0 Å². The van der Waals surface area contributed by atoms with Gasteiger partial charge in [-0.25, -0.2) is 4.79 Å². The molecule has 0 heterocycles. The van der Waals surface area contributed by atoms with Gasteiger partial charge in [-0.15, -0.1) is 0 Å². The van der Waals surface area contributed by atoms with Gasteiger partial charge in [0.15, 0.2) is 0 Å². The molecule has 0 spiro atoms. The lowest BCUT2D eigenvalue weighted by atomic mass is 10.1. The molecule has 0 bridgehead atoms. The molecule has 0 aromatic carbocycles. The summed E-state index contributed by atoms with van der Waals surface area (Å²) in [6.07, 6.45) is 4.73. The zero-order valence-electron chi connectivity index (χ0n) is 8.31. The van der Waals surface area contributed by atoms with Crippen molar-refractivity contribution in [3.63, 3.8) is 0 Å². The average molecular weight is 296 g/mol. The molecule has 0 N–H and O–H groups in total. The molecule has 0 unspecified atom stereocenters. The first-order valence-corrected chi connectivity index (χ1v) is 6.19. The number of esters is 1. The Hall–Kier alpha value is -0.0600. The van der Waals surface area contributed by atoms with Crippen LogP contribution in [0.15, 0.2) is 11.6 Å². The van der Waals surface area contributed by atoms with E-state index in [1.165, 1.54) is 5.57 Å². The van der Waals surface area contributed by atoms with Crippen LogP contribution in [-0.2, 0) is 9.53 Å². The summed E-state index contributed by atoms with van der Waals surface area (Å²) in [5.41, 5.74) is 1.19. The van der Waals surface area contributed by atoms with Crippen molar-refractivity contribution in [2.75, 3.05) is 11.0 Å². The number of alkyl halides is 1. The number of hydrogen-bond donors (Lipinski definition) is 0. The molecular formula is C10H17IO2. The van der Waals surface area contributed by atoms with Crippen LogP contribution in [0.2, 0.25) is 0 Å². The van der Waals surface area contributed by atoms with Crippen molar-refractivity contribution in [1.29, 1.82) is 0 Å². The van der Waals surface area contributed by atoms with E-state index in [4.69, 9.17) is 4.74 Å². The van der Waals surface area contributed by atoms with Crippen molar-refractivity contribution in [3.05, 3.63) is 11.6 Å². The van der Waals surface area contributed by atoms with Crippen molar-refractivity contribution in [2.24, 2.45) is 0 Å². The summed E-state index contributed by atoms with van der Waals surface area (Å²) in [6, 6.07) is 0. The van der Waals surface area contributed by atoms with Gasteiger partial charge in [0, 0.05) is 6.08 Å². The minimum absolute atomic E-state index is 0.201. The van der Waals surface area contributed by atoms with Crippen LogP contribution in [0.25, 0.3) is 0 Å². The monoisotopic (exact) mass is 296 g/mol. The maximum atomic E-state index is 11.1. The third-order valence-electron chi connectivity index (χ3n) is 1.69.